The van der Waals surface area contributed by atoms with Crippen molar-refractivity contribution in [3.63, 3.8) is 0 Å². The average Bonchev–Trinajstić information content (AvgIpc) is 2.46. The number of benzene rings is 1. The lowest BCUT2D eigenvalue weighted by Crippen LogP contribution is -2.29. The predicted octanol–water partition coefficient (Wildman–Crippen LogP) is 3.82. The number of nitrogens with one attached hydrogen (secondary N) is 1. The number of allylic oxidation sites excluding steroid dienone is 1. The molecule has 0 amide bonds. The summed E-state index contributed by atoms with van der Waals surface area (Å²) in [6.07, 6.45) is 0.455. The monoisotopic (exact) mass is 298 g/mol. The van der Waals surface area contributed by atoms with Gasteiger partial charge < -0.3 is 5.32 Å². The highest BCUT2D eigenvalue weighted by atomic mass is 19.4. The summed E-state index contributed by atoms with van der Waals surface area (Å²) in [5.74, 6) is -0.911. The molecular formula is C15H17F3N2O. The van der Waals surface area contributed by atoms with Gasteiger partial charge in [0.1, 0.15) is 0 Å². The molecule has 0 spiro atoms. The maximum atomic E-state index is 12.9. The van der Waals surface area contributed by atoms with Crippen LogP contribution in [-0.4, -0.2) is 18.7 Å². The Bertz CT molecular complexity index is 548. The fourth-order valence-electron chi connectivity index (χ4n) is 1.68. The van der Waals surface area contributed by atoms with Crippen molar-refractivity contribution in [1.29, 1.82) is 0 Å². The van der Waals surface area contributed by atoms with Crippen LogP contribution in [0.2, 0.25) is 0 Å². The van der Waals surface area contributed by atoms with Crippen LogP contribution in [0.1, 0.15) is 35.7 Å². The maximum Gasteiger partial charge on any atom is 0.417 e. The van der Waals surface area contributed by atoms with E-state index in [1.54, 1.807) is 6.08 Å². The molecule has 114 valence electrons. The largest absolute Gasteiger partial charge is 0.417 e. The number of hydrogen-bond donors (Lipinski definition) is 1. The van der Waals surface area contributed by atoms with Gasteiger partial charge in [0.25, 0.3) is 0 Å². The Morgan fingerprint density at radius 3 is 2.57 bits per heavy atom. The van der Waals surface area contributed by atoms with Crippen LogP contribution in [0, 0.1) is 0 Å². The summed E-state index contributed by atoms with van der Waals surface area (Å²) in [7, 11) is 1.35. The van der Waals surface area contributed by atoms with Crippen LogP contribution in [0.3, 0.4) is 0 Å². The van der Waals surface area contributed by atoms with Crippen molar-refractivity contribution >= 4 is 11.6 Å². The number of amidine groups is 1. The molecule has 0 aliphatic rings. The summed E-state index contributed by atoms with van der Waals surface area (Å²) in [4.78, 5) is 15.9. The number of nitrogens with zero attached hydrogens (tertiary/aromatic N) is 1. The van der Waals surface area contributed by atoms with Crippen LogP contribution < -0.4 is 5.32 Å². The smallest absolute Gasteiger partial charge is 0.344 e. The summed E-state index contributed by atoms with van der Waals surface area (Å²) in [5, 5.41) is 2.63. The number of ketones is 1. The van der Waals surface area contributed by atoms with E-state index in [1.807, 2.05) is 6.92 Å². The molecule has 0 saturated carbocycles. The van der Waals surface area contributed by atoms with Crippen LogP contribution in [-0.2, 0) is 6.18 Å². The Hall–Kier alpha value is -2.11. The van der Waals surface area contributed by atoms with E-state index in [0.29, 0.717) is 0 Å². The van der Waals surface area contributed by atoms with Gasteiger partial charge in [-0.05, 0) is 18.7 Å². The van der Waals surface area contributed by atoms with Crippen molar-refractivity contribution in [2.75, 3.05) is 7.05 Å². The quantitative estimate of drug-likeness (QED) is 0.510. The fourth-order valence-corrected chi connectivity index (χ4v) is 1.68. The average molecular weight is 298 g/mol. The van der Waals surface area contributed by atoms with Crippen molar-refractivity contribution in [2.24, 2.45) is 4.99 Å². The van der Waals surface area contributed by atoms with E-state index in [0.717, 1.165) is 25.0 Å². The number of carbonyl (C=O) groups is 1. The normalized spacial score (nSPS) is 12.7. The van der Waals surface area contributed by atoms with Gasteiger partial charge in [0.15, 0.2) is 5.84 Å². The van der Waals surface area contributed by atoms with Crippen LogP contribution in [0.15, 0.2) is 41.5 Å². The number of halogens is 3. The predicted molar refractivity (Wildman–Crippen MR) is 76.3 cm³/mol. The van der Waals surface area contributed by atoms with Crippen molar-refractivity contribution in [2.45, 2.75) is 25.9 Å². The molecule has 0 aliphatic carbocycles. The van der Waals surface area contributed by atoms with Crippen LogP contribution in [0.25, 0.3) is 0 Å². The fraction of sp³-hybridized carbons (Fsp3) is 0.333. The molecule has 0 fully saturated rings. The van der Waals surface area contributed by atoms with Gasteiger partial charge in [0.2, 0.25) is 5.78 Å². The van der Waals surface area contributed by atoms with Gasteiger partial charge in [-0.25, -0.2) is 0 Å². The van der Waals surface area contributed by atoms with Gasteiger partial charge in [-0.3, -0.25) is 9.79 Å². The summed E-state index contributed by atoms with van der Waals surface area (Å²) < 4.78 is 38.7. The Kier molecular flexibility index (Phi) is 6.14. The lowest BCUT2D eigenvalue weighted by Gasteiger charge is -2.12. The summed E-state index contributed by atoms with van der Waals surface area (Å²) in [5.41, 5.74) is -1.38. The molecule has 0 saturated heterocycles. The SMILES string of the molecule is CCCC=CNC(=NC)C(=O)c1ccccc1C(F)(F)F. The number of aliphatic imine (C=N–C) groups is 1. The number of hydrogen-bond acceptors (Lipinski definition) is 2. The molecule has 1 rings (SSSR count). The highest BCUT2D eigenvalue weighted by molar-refractivity contribution is 6.45. The molecule has 0 aliphatic heterocycles. The van der Waals surface area contributed by atoms with E-state index < -0.39 is 23.1 Å². The first-order chi connectivity index (χ1) is 9.91. The molecule has 1 N–H and O–H groups in total. The Morgan fingerprint density at radius 2 is 2.00 bits per heavy atom. The summed E-state index contributed by atoms with van der Waals surface area (Å²) >= 11 is 0. The first kappa shape index (κ1) is 16.9. The van der Waals surface area contributed by atoms with Crippen molar-refractivity contribution in [1.82, 2.24) is 5.32 Å². The molecule has 0 heterocycles. The first-order valence-corrected chi connectivity index (χ1v) is 6.51. The third kappa shape index (κ3) is 4.73. The maximum absolute atomic E-state index is 12.9. The second kappa shape index (κ2) is 7.61. The molecule has 21 heavy (non-hydrogen) atoms. The zero-order valence-corrected chi connectivity index (χ0v) is 11.9. The van der Waals surface area contributed by atoms with Crippen LogP contribution >= 0.6 is 0 Å². The number of alkyl halides is 3. The second-order valence-electron chi connectivity index (χ2n) is 4.28. The second-order valence-corrected chi connectivity index (χ2v) is 4.28. The van der Waals surface area contributed by atoms with E-state index in [4.69, 9.17) is 0 Å². The van der Waals surface area contributed by atoms with E-state index >= 15 is 0 Å². The zero-order valence-electron chi connectivity index (χ0n) is 11.9. The minimum absolute atomic E-state index is 0.126. The third-order valence-electron chi connectivity index (χ3n) is 2.71. The van der Waals surface area contributed by atoms with Crippen molar-refractivity contribution in [3.8, 4) is 0 Å². The highest BCUT2D eigenvalue weighted by Crippen LogP contribution is 2.32. The molecule has 1 aromatic carbocycles. The molecular weight excluding hydrogens is 281 g/mol. The van der Waals surface area contributed by atoms with E-state index in [2.05, 4.69) is 10.3 Å². The van der Waals surface area contributed by atoms with Gasteiger partial charge in [-0.15, -0.1) is 0 Å². The summed E-state index contributed by atoms with van der Waals surface area (Å²) in [6.45, 7) is 1.99. The van der Waals surface area contributed by atoms with E-state index in [-0.39, 0.29) is 5.84 Å². The zero-order chi connectivity index (χ0) is 15.9. The molecule has 1 aromatic rings. The first-order valence-electron chi connectivity index (χ1n) is 6.51. The topological polar surface area (TPSA) is 41.5 Å². The van der Waals surface area contributed by atoms with Crippen LogP contribution in [0.4, 0.5) is 13.2 Å². The molecule has 0 bridgehead atoms. The molecule has 6 heteroatoms. The van der Waals surface area contributed by atoms with Gasteiger partial charge in [0, 0.05) is 12.6 Å². The van der Waals surface area contributed by atoms with Gasteiger partial charge in [0.05, 0.1) is 5.56 Å². The Labute approximate surface area is 121 Å². The van der Waals surface area contributed by atoms with Gasteiger partial charge in [-0.1, -0.05) is 37.6 Å². The molecule has 0 unspecified atom stereocenters. The number of Topliss-reactive ketones (excluding diaryl/α,β-unsaturated/α-hetero) is 1. The van der Waals surface area contributed by atoms with Gasteiger partial charge >= 0.3 is 6.18 Å². The van der Waals surface area contributed by atoms with Crippen molar-refractivity contribution in [3.05, 3.63) is 47.7 Å². The summed E-state index contributed by atoms with van der Waals surface area (Å²) in [6, 6.07) is 4.67. The molecule has 3 nitrogen and oxygen atoms in total. The minimum atomic E-state index is -4.58. The van der Waals surface area contributed by atoms with E-state index in [1.165, 1.54) is 25.4 Å². The van der Waals surface area contributed by atoms with Crippen molar-refractivity contribution < 1.29 is 18.0 Å². The number of carbonyl (C=O) groups excluding carboxylic acids is 1. The third-order valence-corrected chi connectivity index (χ3v) is 2.71. The minimum Gasteiger partial charge on any atom is -0.344 e. The van der Waals surface area contributed by atoms with Gasteiger partial charge in [-0.2, -0.15) is 13.2 Å². The Balaban J connectivity index is 3.02. The molecule has 0 aromatic heterocycles. The highest BCUT2D eigenvalue weighted by Gasteiger charge is 2.35. The van der Waals surface area contributed by atoms with Crippen LogP contribution in [0.5, 0.6) is 0 Å². The number of rotatable bonds is 5. The molecule has 0 radical (unpaired) electrons. The molecule has 0 atom stereocenters. The standard InChI is InChI=1S/C15H17F3N2O/c1-3-4-7-10-20-14(19-2)13(21)11-8-5-6-9-12(11)15(16,17)18/h5-10H,3-4H2,1-2H3,(H,19,20). The lowest BCUT2D eigenvalue weighted by atomic mass is 10.0. The number of unbranched alkanes of at least 4 members (excludes halogenated alkanes) is 1. The van der Waals surface area contributed by atoms with E-state index in [9.17, 15) is 18.0 Å². The Morgan fingerprint density at radius 1 is 1.33 bits per heavy atom. The lowest BCUT2D eigenvalue weighted by molar-refractivity contribution is -0.137.